The van der Waals surface area contributed by atoms with E-state index in [1.807, 2.05) is 6.07 Å². The minimum absolute atomic E-state index is 0.0990. The van der Waals surface area contributed by atoms with E-state index in [9.17, 15) is 19.7 Å². The quantitative estimate of drug-likeness (QED) is 0.228. The first-order valence-electron chi connectivity index (χ1n) is 8.48. The first kappa shape index (κ1) is 19.4. The summed E-state index contributed by atoms with van der Waals surface area (Å²) in [5.74, 6) is -0.571. The first-order chi connectivity index (χ1) is 14.0. The van der Waals surface area contributed by atoms with Crippen LogP contribution in [0.1, 0.15) is 26.3 Å². The molecule has 0 saturated carbocycles. The number of rotatable bonds is 6. The van der Waals surface area contributed by atoms with Gasteiger partial charge in [0.2, 0.25) is 0 Å². The molecule has 0 aliphatic heterocycles. The summed E-state index contributed by atoms with van der Waals surface area (Å²) in [5, 5.41) is 14.5. The van der Waals surface area contributed by atoms with E-state index < -0.39 is 16.8 Å². The van der Waals surface area contributed by atoms with Gasteiger partial charge in [0, 0.05) is 17.7 Å². The molecule has 0 radical (unpaired) electrons. The Labute approximate surface area is 165 Å². The van der Waals surface area contributed by atoms with Gasteiger partial charge in [-0.05, 0) is 54.1 Å². The molecule has 29 heavy (non-hydrogen) atoms. The number of non-ortho nitro benzene ring substituents is 1. The molecule has 0 fully saturated rings. The molecule has 0 aromatic heterocycles. The van der Waals surface area contributed by atoms with E-state index in [0.717, 1.165) is 0 Å². The number of nitro groups is 1. The summed E-state index contributed by atoms with van der Waals surface area (Å²) in [5.41, 5.74) is 3.61. The third kappa shape index (κ3) is 5.33. The lowest BCUT2D eigenvalue weighted by molar-refractivity contribution is -0.384. The number of amides is 1. The number of hydrogen-bond donors (Lipinski definition) is 1. The van der Waals surface area contributed by atoms with Crippen LogP contribution in [-0.2, 0) is 0 Å². The van der Waals surface area contributed by atoms with E-state index in [2.05, 4.69) is 10.5 Å². The van der Waals surface area contributed by atoms with Crippen molar-refractivity contribution in [1.82, 2.24) is 5.43 Å². The van der Waals surface area contributed by atoms with Gasteiger partial charge >= 0.3 is 5.97 Å². The fraction of sp³-hybridized carbons (Fsp3) is 0. The molecule has 0 heterocycles. The lowest BCUT2D eigenvalue weighted by atomic mass is 10.2. The molecule has 8 heteroatoms. The van der Waals surface area contributed by atoms with Crippen LogP contribution >= 0.6 is 0 Å². The molecule has 0 saturated heterocycles. The van der Waals surface area contributed by atoms with E-state index in [0.29, 0.717) is 16.9 Å². The number of nitrogens with zero attached hydrogens (tertiary/aromatic N) is 2. The maximum atomic E-state index is 12.0. The number of esters is 1. The van der Waals surface area contributed by atoms with Crippen molar-refractivity contribution in [2.75, 3.05) is 0 Å². The number of hydrogen-bond acceptors (Lipinski definition) is 6. The van der Waals surface area contributed by atoms with Crippen LogP contribution in [-0.4, -0.2) is 23.0 Å². The highest BCUT2D eigenvalue weighted by Gasteiger charge is 2.09. The Morgan fingerprint density at radius 1 is 0.897 bits per heavy atom. The number of hydrazone groups is 1. The Balaban J connectivity index is 1.55. The van der Waals surface area contributed by atoms with Crippen LogP contribution in [0.3, 0.4) is 0 Å². The Hall–Kier alpha value is -4.33. The van der Waals surface area contributed by atoms with Gasteiger partial charge in [0.05, 0.1) is 16.7 Å². The van der Waals surface area contributed by atoms with E-state index in [4.69, 9.17) is 4.74 Å². The van der Waals surface area contributed by atoms with Crippen molar-refractivity contribution < 1.29 is 19.2 Å². The third-order valence-corrected chi connectivity index (χ3v) is 3.82. The van der Waals surface area contributed by atoms with Gasteiger partial charge in [-0.25, -0.2) is 10.2 Å². The van der Waals surface area contributed by atoms with Crippen LogP contribution in [0, 0.1) is 10.1 Å². The van der Waals surface area contributed by atoms with Gasteiger partial charge in [-0.15, -0.1) is 0 Å². The molecule has 0 unspecified atom stereocenters. The molecule has 144 valence electrons. The number of ether oxygens (including phenoxy) is 1. The number of carbonyl (C=O) groups excluding carboxylic acids is 2. The minimum Gasteiger partial charge on any atom is -0.423 e. The van der Waals surface area contributed by atoms with E-state index in [-0.39, 0.29) is 11.3 Å². The van der Waals surface area contributed by atoms with Crippen LogP contribution in [0.4, 0.5) is 5.69 Å². The number of nitrogens with one attached hydrogen (secondary N) is 1. The average Bonchev–Trinajstić information content (AvgIpc) is 2.75. The van der Waals surface area contributed by atoms with Crippen LogP contribution in [0.25, 0.3) is 0 Å². The van der Waals surface area contributed by atoms with Gasteiger partial charge in [0.25, 0.3) is 11.6 Å². The van der Waals surface area contributed by atoms with Crippen molar-refractivity contribution in [3.63, 3.8) is 0 Å². The van der Waals surface area contributed by atoms with E-state index in [1.54, 1.807) is 48.5 Å². The average molecular weight is 389 g/mol. The Morgan fingerprint density at radius 3 is 2.17 bits per heavy atom. The molecule has 1 N–H and O–H groups in total. The molecule has 8 nitrogen and oxygen atoms in total. The zero-order valence-electron chi connectivity index (χ0n) is 15.0. The second-order valence-electron chi connectivity index (χ2n) is 5.83. The predicted molar refractivity (Wildman–Crippen MR) is 106 cm³/mol. The number of benzene rings is 3. The Bertz CT molecular complexity index is 1050. The molecule has 0 aliphatic rings. The standard InChI is InChI=1S/C21H15N3O5/c25-20(16-8-10-18(11-9-16)24(27)28)23-22-14-15-6-12-19(13-7-15)29-21(26)17-4-2-1-3-5-17/h1-14H,(H,23,25)/b22-14-. The fourth-order valence-corrected chi connectivity index (χ4v) is 2.33. The topological polar surface area (TPSA) is 111 Å². The second kappa shape index (κ2) is 9.05. The van der Waals surface area contributed by atoms with Crippen molar-refractivity contribution in [1.29, 1.82) is 0 Å². The minimum atomic E-state index is -0.541. The van der Waals surface area contributed by atoms with Gasteiger partial charge in [-0.1, -0.05) is 18.2 Å². The van der Waals surface area contributed by atoms with Crippen LogP contribution in [0.15, 0.2) is 84.0 Å². The smallest absolute Gasteiger partial charge is 0.343 e. The van der Waals surface area contributed by atoms with Crippen molar-refractivity contribution in [3.8, 4) is 5.75 Å². The monoisotopic (exact) mass is 389 g/mol. The van der Waals surface area contributed by atoms with Crippen LogP contribution in [0.5, 0.6) is 5.75 Å². The molecule has 0 bridgehead atoms. The molecule has 3 aromatic rings. The molecule has 0 aliphatic carbocycles. The molecule has 0 atom stereocenters. The van der Waals surface area contributed by atoms with Crippen molar-refractivity contribution in [2.24, 2.45) is 5.10 Å². The van der Waals surface area contributed by atoms with Gasteiger partial charge in [-0.2, -0.15) is 5.10 Å². The van der Waals surface area contributed by atoms with Crippen LogP contribution in [0.2, 0.25) is 0 Å². The van der Waals surface area contributed by atoms with E-state index in [1.165, 1.54) is 30.5 Å². The van der Waals surface area contributed by atoms with Crippen molar-refractivity contribution in [3.05, 3.63) is 106 Å². The van der Waals surface area contributed by atoms with E-state index >= 15 is 0 Å². The van der Waals surface area contributed by atoms with Crippen molar-refractivity contribution in [2.45, 2.75) is 0 Å². The highest BCUT2D eigenvalue weighted by Crippen LogP contribution is 2.14. The Morgan fingerprint density at radius 2 is 1.55 bits per heavy atom. The zero-order chi connectivity index (χ0) is 20.6. The summed E-state index contributed by atoms with van der Waals surface area (Å²) in [6, 6.07) is 20.4. The number of nitro benzene ring substituents is 1. The molecule has 3 aromatic carbocycles. The van der Waals surface area contributed by atoms with Crippen LogP contribution < -0.4 is 10.2 Å². The fourth-order valence-electron chi connectivity index (χ4n) is 2.33. The van der Waals surface area contributed by atoms with Gasteiger partial charge < -0.3 is 4.74 Å². The maximum absolute atomic E-state index is 12.0. The molecular formula is C21H15N3O5. The Kier molecular flexibility index (Phi) is 6.06. The molecule has 3 rings (SSSR count). The summed E-state index contributed by atoms with van der Waals surface area (Å²) < 4.78 is 5.28. The normalized spacial score (nSPS) is 10.5. The van der Waals surface area contributed by atoms with Crippen molar-refractivity contribution >= 4 is 23.8 Å². The number of carbonyl (C=O) groups is 2. The summed E-state index contributed by atoms with van der Waals surface area (Å²) in [4.78, 5) is 34.1. The molecular weight excluding hydrogens is 374 g/mol. The summed E-state index contributed by atoms with van der Waals surface area (Å²) in [7, 11) is 0. The van der Waals surface area contributed by atoms with Gasteiger partial charge in [-0.3, -0.25) is 14.9 Å². The van der Waals surface area contributed by atoms with Gasteiger partial charge in [0.1, 0.15) is 5.75 Å². The first-order valence-corrected chi connectivity index (χ1v) is 8.48. The summed E-state index contributed by atoms with van der Waals surface area (Å²) in [6.07, 6.45) is 1.42. The highest BCUT2D eigenvalue weighted by atomic mass is 16.6. The molecule has 1 amide bonds. The largest absolute Gasteiger partial charge is 0.423 e. The highest BCUT2D eigenvalue weighted by molar-refractivity contribution is 5.95. The lowest BCUT2D eigenvalue weighted by Crippen LogP contribution is -2.17. The predicted octanol–water partition coefficient (Wildman–Crippen LogP) is 3.58. The maximum Gasteiger partial charge on any atom is 0.343 e. The zero-order valence-corrected chi connectivity index (χ0v) is 15.0. The van der Waals surface area contributed by atoms with Gasteiger partial charge in [0.15, 0.2) is 0 Å². The summed E-state index contributed by atoms with van der Waals surface area (Å²) >= 11 is 0. The lowest BCUT2D eigenvalue weighted by Gasteiger charge is -2.04. The molecule has 0 spiro atoms. The SMILES string of the molecule is O=C(N/N=C\c1ccc(OC(=O)c2ccccc2)cc1)c1ccc([N+](=O)[O-])cc1. The summed E-state index contributed by atoms with van der Waals surface area (Å²) in [6.45, 7) is 0. The third-order valence-electron chi connectivity index (χ3n) is 3.82. The second-order valence-corrected chi connectivity index (χ2v) is 5.83.